The van der Waals surface area contributed by atoms with Gasteiger partial charge in [-0.05, 0) is 6.07 Å². The topological polar surface area (TPSA) is 64.4 Å². The van der Waals surface area contributed by atoms with E-state index in [9.17, 15) is 13.6 Å². The fraction of sp³-hybridized carbons (Fsp3) is 0.300. The van der Waals surface area contributed by atoms with E-state index in [-0.39, 0.29) is 13.2 Å². The number of hydrogen-bond donors (Lipinski definition) is 2. The number of amides is 1. The third-order valence-corrected chi connectivity index (χ3v) is 1.85. The molecule has 0 aliphatic carbocycles. The maximum atomic E-state index is 13.1. The maximum Gasteiger partial charge on any atom is 0.404 e. The molecule has 0 heterocycles. The van der Waals surface area contributed by atoms with Crippen molar-refractivity contribution in [2.24, 2.45) is 5.73 Å². The largest absolute Gasteiger partial charge is 0.448 e. The summed E-state index contributed by atoms with van der Waals surface area (Å²) in [6, 6.07) is 3.35. The Morgan fingerprint density at radius 2 is 2.19 bits per heavy atom. The molecular weight excluding hydrogens is 218 g/mol. The van der Waals surface area contributed by atoms with Crippen LogP contribution in [0.2, 0.25) is 0 Å². The van der Waals surface area contributed by atoms with Gasteiger partial charge in [0.1, 0.15) is 18.2 Å². The molecular formula is C10H12F2N2O2. The smallest absolute Gasteiger partial charge is 0.404 e. The van der Waals surface area contributed by atoms with Gasteiger partial charge in [0.15, 0.2) is 0 Å². The van der Waals surface area contributed by atoms with E-state index >= 15 is 0 Å². The molecule has 1 amide bonds. The lowest BCUT2D eigenvalue weighted by molar-refractivity contribution is 0.157. The lowest BCUT2D eigenvalue weighted by atomic mass is 10.2. The normalized spacial score (nSPS) is 10.1. The van der Waals surface area contributed by atoms with Gasteiger partial charge in [0, 0.05) is 24.7 Å². The second-order valence-corrected chi connectivity index (χ2v) is 3.08. The standard InChI is InChI=1S/C10H12F2N2O2/c11-8-2-1-7(9(12)5-8)6-14-3-4-16-10(13)15/h1-2,5,14H,3-4,6H2,(H2,13,15). The zero-order chi connectivity index (χ0) is 12.0. The zero-order valence-electron chi connectivity index (χ0n) is 8.50. The average Bonchev–Trinajstić information content (AvgIpc) is 2.20. The summed E-state index contributed by atoms with van der Waals surface area (Å²) in [5.74, 6) is -1.22. The van der Waals surface area contributed by atoms with Crippen LogP contribution in [-0.2, 0) is 11.3 Å². The summed E-state index contributed by atoms with van der Waals surface area (Å²) in [6.45, 7) is 0.687. The number of nitrogens with two attached hydrogens (primary N) is 1. The zero-order valence-corrected chi connectivity index (χ0v) is 8.50. The average molecular weight is 230 g/mol. The Kier molecular flexibility index (Phi) is 4.65. The van der Waals surface area contributed by atoms with Gasteiger partial charge >= 0.3 is 6.09 Å². The Hall–Kier alpha value is -1.69. The first kappa shape index (κ1) is 12.4. The molecule has 3 N–H and O–H groups in total. The van der Waals surface area contributed by atoms with Crippen molar-refractivity contribution < 1.29 is 18.3 Å². The third-order valence-electron chi connectivity index (χ3n) is 1.85. The highest BCUT2D eigenvalue weighted by Crippen LogP contribution is 2.08. The molecule has 0 fully saturated rings. The lowest BCUT2D eigenvalue weighted by Crippen LogP contribution is -2.23. The first-order valence-corrected chi connectivity index (χ1v) is 4.66. The Morgan fingerprint density at radius 1 is 1.44 bits per heavy atom. The van der Waals surface area contributed by atoms with Gasteiger partial charge in [-0.15, -0.1) is 0 Å². The van der Waals surface area contributed by atoms with Gasteiger partial charge < -0.3 is 15.8 Å². The van der Waals surface area contributed by atoms with E-state index in [4.69, 9.17) is 5.73 Å². The molecule has 0 saturated carbocycles. The first-order valence-electron chi connectivity index (χ1n) is 4.66. The number of rotatable bonds is 5. The molecule has 0 unspecified atom stereocenters. The number of halogens is 2. The molecule has 0 spiro atoms. The van der Waals surface area contributed by atoms with Crippen LogP contribution in [0, 0.1) is 11.6 Å². The number of carbonyl (C=O) groups excluding carboxylic acids is 1. The molecule has 0 aliphatic heterocycles. The number of ether oxygens (including phenoxy) is 1. The number of carbonyl (C=O) groups is 1. The van der Waals surface area contributed by atoms with Crippen LogP contribution in [0.25, 0.3) is 0 Å². The minimum absolute atomic E-state index is 0.109. The second kappa shape index (κ2) is 6.02. The molecule has 0 aromatic heterocycles. The van der Waals surface area contributed by atoms with E-state index in [1.807, 2.05) is 0 Å². The number of primary amides is 1. The SMILES string of the molecule is NC(=O)OCCNCc1ccc(F)cc1F. The van der Waals surface area contributed by atoms with Crippen molar-refractivity contribution in [2.75, 3.05) is 13.2 Å². The van der Waals surface area contributed by atoms with Gasteiger partial charge in [-0.2, -0.15) is 0 Å². The first-order chi connectivity index (χ1) is 7.59. The van der Waals surface area contributed by atoms with Crippen molar-refractivity contribution in [3.05, 3.63) is 35.4 Å². The summed E-state index contributed by atoms with van der Waals surface area (Å²) in [4.78, 5) is 10.2. The summed E-state index contributed by atoms with van der Waals surface area (Å²) < 4.78 is 30.1. The lowest BCUT2D eigenvalue weighted by Gasteiger charge is -2.05. The van der Waals surface area contributed by atoms with Crippen LogP contribution in [0.4, 0.5) is 13.6 Å². The molecule has 1 aromatic carbocycles. The predicted octanol–water partition coefficient (Wildman–Crippen LogP) is 1.15. The van der Waals surface area contributed by atoms with Crippen molar-refractivity contribution in [1.82, 2.24) is 5.32 Å². The summed E-state index contributed by atoms with van der Waals surface area (Å²) >= 11 is 0. The summed E-state index contributed by atoms with van der Waals surface area (Å²) in [7, 11) is 0. The van der Waals surface area contributed by atoms with Crippen LogP contribution in [0.3, 0.4) is 0 Å². The van der Waals surface area contributed by atoms with Gasteiger partial charge in [0.25, 0.3) is 0 Å². The molecule has 0 bridgehead atoms. The highest BCUT2D eigenvalue weighted by Gasteiger charge is 2.02. The number of nitrogens with one attached hydrogen (secondary N) is 1. The van der Waals surface area contributed by atoms with Crippen molar-refractivity contribution in [3.63, 3.8) is 0 Å². The Labute approximate surface area is 91.4 Å². The van der Waals surface area contributed by atoms with Gasteiger partial charge in [-0.3, -0.25) is 0 Å². The third kappa shape index (κ3) is 4.22. The maximum absolute atomic E-state index is 13.1. The highest BCUT2D eigenvalue weighted by atomic mass is 19.1. The molecule has 6 heteroatoms. The van der Waals surface area contributed by atoms with Crippen molar-refractivity contribution in [3.8, 4) is 0 Å². The van der Waals surface area contributed by atoms with Gasteiger partial charge in [0.2, 0.25) is 0 Å². The van der Waals surface area contributed by atoms with E-state index in [1.165, 1.54) is 12.1 Å². The fourth-order valence-electron chi connectivity index (χ4n) is 1.11. The van der Waals surface area contributed by atoms with Crippen molar-refractivity contribution >= 4 is 6.09 Å². The molecule has 88 valence electrons. The Bertz CT molecular complexity index is 372. The molecule has 16 heavy (non-hydrogen) atoms. The van der Waals surface area contributed by atoms with Crippen LogP contribution in [0.15, 0.2) is 18.2 Å². The molecule has 1 rings (SSSR count). The second-order valence-electron chi connectivity index (χ2n) is 3.08. The van der Waals surface area contributed by atoms with Gasteiger partial charge in [0.05, 0.1) is 0 Å². The van der Waals surface area contributed by atoms with Gasteiger partial charge in [-0.1, -0.05) is 6.07 Å². The number of benzene rings is 1. The molecule has 0 aliphatic rings. The van der Waals surface area contributed by atoms with Crippen LogP contribution < -0.4 is 11.1 Å². The quantitative estimate of drug-likeness (QED) is 0.746. The summed E-state index contributed by atoms with van der Waals surface area (Å²) in [5.41, 5.74) is 5.08. The minimum Gasteiger partial charge on any atom is -0.448 e. The molecule has 0 atom stereocenters. The Balaban J connectivity index is 2.29. The Morgan fingerprint density at radius 3 is 2.81 bits per heavy atom. The predicted molar refractivity (Wildman–Crippen MR) is 53.6 cm³/mol. The molecule has 1 aromatic rings. The molecule has 4 nitrogen and oxygen atoms in total. The highest BCUT2D eigenvalue weighted by molar-refractivity contribution is 5.64. The van der Waals surface area contributed by atoms with Gasteiger partial charge in [-0.25, -0.2) is 13.6 Å². The van der Waals surface area contributed by atoms with Crippen molar-refractivity contribution in [1.29, 1.82) is 0 Å². The van der Waals surface area contributed by atoms with Crippen molar-refractivity contribution in [2.45, 2.75) is 6.54 Å². The monoisotopic (exact) mass is 230 g/mol. The molecule has 0 radical (unpaired) electrons. The van der Waals surface area contributed by atoms with E-state index in [2.05, 4.69) is 10.1 Å². The minimum atomic E-state index is -0.852. The number of hydrogen-bond acceptors (Lipinski definition) is 3. The summed E-state index contributed by atoms with van der Waals surface area (Å²) in [6.07, 6.45) is -0.852. The van der Waals surface area contributed by atoms with E-state index in [1.54, 1.807) is 0 Å². The molecule has 0 saturated heterocycles. The van der Waals surface area contributed by atoms with E-state index in [0.717, 1.165) is 6.07 Å². The summed E-state index contributed by atoms with van der Waals surface area (Å²) in [5, 5.41) is 2.82. The van der Waals surface area contributed by atoms with Crippen LogP contribution in [0.1, 0.15) is 5.56 Å². The fourth-order valence-corrected chi connectivity index (χ4v) is 1.11. The van der Waals surface area contributed by atoms with Crippen LogP contribution in [0.5, 0.6) is 0 Å². The van der Waals surface area contributed by atoms with E-state index < -0.39 is 17.7 Å². The van der Waals surface area contributed by atoms with E-state index in [0.29, 0.717) is 12.1 Å². The van der Waals surface area contributed by atoms with Crippen LogP contribution >= 0.6 is 0 Å². The van der Waals surface area contributed by atoms with Crippen LogP contribution in [-0.4, -0.2) is 19.2 Å².